The summed E-state index contributed by atoms with van der Waals surface area (Å²) in [6.07, 6.45) is 1.60. The Morgan fingerprint density at radius 1 is 1.10 bits per heavy atom. The third kappa shape index (κ3) is 4.88. The van der Waals surface area contributed by atoms with Gasteiger partial charge in [0.25, 0.3) is 5.91 Å². The molecule has 6 heteroatoms. The summed E-state index contributed by atoms with van der Waals surface area (Å²) in [7, 11) is 1.56. The number of carbonyl (C=O) groups excluding carboxylic acids is 1. The average molecular weight is 391 g/mol. The van der Waals surface area contributed by atoms with Crippen molar-refractivity contribution < 1.29 is 14.3 Å². The molecule has 2 aromatic rings. The largest absolute Gasteiger partial charge is 0.493 e. The van der Waals surface area contributed by atoms with Crippen LogP contribution in [0.3, 0.4) is 0 Å². The fraction of sp³-hybridized carbons (Fsp3) is 0.304. The van der Waals surface area contributed by atoms with E-state index in [4.69, 9.17) is 9.47 Å². The zero-order chi connectivity index (χ0) is 20.6. The molecule has 3 rings (SSSR count). The first-order chi connectivity index (χ1) is 14.2. The highest BCUT2D eigenvalue weighted by Gasteiger charge is 2.24. The van der Waals surface area contributed by atoms with Gasteiger partial charge < -0.3 is 19.3 Å². The molecule has 0 unspecified atom stereocenters. The molecule has 1 amide bonds. The minimum atomic E-state index is -0.243. The summed E-state index contributed by atoms with van der Waals surface area (Å²) < 4.78 is 10.9. The standard InChI is InChI=1S/C23H25N3O3/c1-3-29-21-10-9-18(16-22(21)28-2)15-19(17-24)23(27)26-13-11-25(12-14-26)20-7-5-4-6-8-20/h4-10,15-16H,3,11-14H2,1-2H3/b19-15-. The van der Waals surface area contributed by atoms with Crippen LogP contribution in [0.1, 0.15) is 12.5 Å². The summed E-state index contributed by atoms with van der Waals surface area (Å²) in [5, 5.41) is 9.55. The van der Waals surface area contributed by atoms with Crippen LogP contribution in [0.5, 0.6) is 11.5 Å². The van der Waals surface area contributed by atoms with Crippen LogP contribution in [0.4, 0.5) is 5.69 Å². The molecule has 0 bridgehead atoms. The number of ether oxygens (including phenoxy) is 2. The predicted octanol–water partition coefficient (Wildman–Crippen LogP) is 3.35. The fourth-order valence-electron chi connectivity index (χ4n) is 3.33. The second-order valence-corrected chi connectivity index (χ2v) is 6.63. The van der Waals surface area contributed by atoms with Crippen molar-refractivity contribution in [3.63, 3.8) is 0 Å². The van der Waals surface area contributed by atoms with Crippen LogP contribution in [0, 0.1) is 11.3 Å². The fourth-order valence-corrected chi connectivity index (χ4v) is 3.33. The van der Waals surface area contributed by atoms with Crippen molar-refractivity contribution >= 4 is 17.7 Å². The molecular weight excluding hydrogens is 366 g/mol. The molecule has 0 aliphatic carbocycles. The van der Waals surface area contributed by atoms with Crippen molar-refractivity contribution in [3.8, 4) is 17.6 Å². The van der Waals surface area contributed by atoms with Gasteiger partial charge in [-0.1, -0.05) is 24.3 Å². The highest BCUT2D eigenvalue weighted by Crippen LogP contribution is 2.29. The third-order valence-corrected chi connectivity index (χ3v) is 4.84. The lowest BCUT2D eigenvalue weighted by atomic mass is 10.1. The van der Waals surface area contributed by atoms with Crippen molar-refractivity contribution in [2.75, 3.05) is 44.8 Å². The zero-order valence-corrected chi connectivity index (χ0v) is 16.8. The molecular formula is C23H25N3O3. The summed E-state index contributed by atoms with van der Waals surface area (Å²) in [6, 6.07) is 17.6. The first-order valence-electron chi connectivity index (χ1n) is 9.68. The van der Waals surface area contributed by atoms with Gasteiger partial charge in [0, 0.05) is 31.9 Å². The normalized spacial score (nSPS) is 14.3. The van der Waals surface area contributed by atoms with Gasteiger partial charge in [-0.3, -0.25) is 4.79 Å². The predicted molar refractivity (Wildman–Crippen MR) is 113 cm³/mol. The Balaban J connectivity index is 1.70. The Bertz CT molecular complexity index is 911. The lowest BCUT2D eigenvalue weighted by molar-refractivity contribution is -0.126. The van der Waals surface area contributed by atoms with Gasteiger partial charge in [0.2, 0.25) is 0 Å². The van der Waals surface area contributed by atoms with Gasteiger partial charge in [-0.2, -0.15) is 5.26 Å². The van der Waals surface area contributed by atoms with Crippen molar-refractivity contribution in [1.29, 1.82) is 5.26 Å². The highest BCUT2D eigenvalue weighted by molar-refractivity contribution is 6.01. The van der Waals surface area contributed by atoms with Crippen molar-refractivity contribution in [3.05, 3.63) is 59.7 Å². The SMILES string of the molecule is CCOc1ccc(/C=C(/C#N)C(=O)N2CCN(c3ccccc3)CC2)cc1OC. The van der Waals surface area contributed by atoms with Gasteiger partial charge >= 0.3 is 0 Å². The van der Waals surface area contributed by atoms with Gasteiger partial charge in [-0.15, -0.1) is 0 Å². The molecule has 0 N–H and O–H groups in total. The summed E-state index contributed by atoms with van der Waals surface area (Å²) in [4.78, 5) is 16.8. The number of nitriles is 1. The molecule has 1 heterocycles. The molecule has 0 saturated carbocycles. The molecule has 0 radical (unpaired) electrons. The quantitative estimate of drug-likeness (QED) is 0.558. The van der Waals surface area contributed by atoms with Crippen LogP contribution in [-0.2, 0) is 4.79 Å². The van der Waals surface area contributed by atoms with Crippen molar-refractivity contribution in [1.82, 2.24) is 4.90 Å². The minimum Gasteiger partial charge on any atom is -0.493 e. The summed E-state index contributed by atoms with van der Waals surface area (Å²) in [6.45, 7) is 5.08. The van der Waals surface area contributed by atoms with Crippen LogP contribution in [0.2, 0.25) is 0 Å². The molecule has 6 nitrogen and oxygen atoms in total. The summed E-state index contributed by atoms with van der Waals surface area (Å²) in [5.74, 6) is 0.962. The number of benzene rings is 2. The monoisotopic (exact) mass is 391 g/mol. The molecule has 29 heavy (non-hydrogen) atoms. The van der Waals surface area contributed by atoms with Gasteiger partial charge in [0.1, 0.15) is 11.6 Å². The smallest absolute Gasteiger partial charge is 0.264 e. The first-order valence-corrected chi connectivity index (χ1v) is 9.68. The lowest BCUT2D eigenvalue weighted by Crippen LogP contribution is -2.49. The van der Waals surface area contributed by atoms with Gasteiger partial charge in [0.05, 0.1) is 13.7 Å². The van der Waals surface area contributed by atoms with E-state index < -0.39 is 0 Å². The number of nitrogens with zero attached hydrogens (tertiary/aromatic N) is 3. The van der Waals surface area contributed by atoms with Gasteiger partial charge in [-0.25, -0.2) is 0 Å². The van der Waals surface area contributed by atoms with Crippen LogP contribution < -0.4 is 14.4 Å². The van der Waals surface area contributed by atoms with E-state index in [1.807, 2.05) is 31.2 Å². The Morgan fingerprint density at radius 2 is 1.83 bits per heavy atom. The van der Waals surface area contributed by atoms with E-state index in [1.54, 1.807) is 30.2 Å². The minimum absolute atomic E-state index is 0.115. The molecule has 1 aliphatic rings. The van der Waals surface area contributed by atoms with Gasteiger partial charge in [0.15, 0.2) is 11.5 Å². The molecule has 0 atom stereocenters. The summed E-state index contributed by atoms with van der Waals surface area (Å²) in [5.41, 5.74) is 1.99. The Labute approximate surface area is 171 Å². The number of methoxy groups -OCH3 is 1. The molecule has 1 aliphatic heterocycles. The molecule has 1 fully saturated rings. The number of anilines is 1. The average Bonchev–Trinajstić information content (AvgIpc) is 2.78. The first kappa shape index (κ1) is 20.3. The van der Waals surface area contributed by atoms with E-state index in [1.165, 1.54) is 0 Å². The number of rotatable bonds is 6. The maximum Gasteiger partial charge on any atom is 0.264 e. The zero-order valence-electron chi connectivity index (χ0n) is 16.8. The second kappa shape index (κ2) is 9.65. The van der Waals surface area contributed by atoms with E-state index >= 15 is 0 Å². The molecule has 150 valence electrons. The number of para-hydroxylation sites is 1. The number of hydrogen-bond donors (Lipinski definition) is 0. The number of piperazine rings is 1. The van der Waals surface area contributed by atoms with Crippen LogP contribution in [0.25, 0.3) is 6.08 Å². The van der Waals surface area contributed by atoms with E-state index in [2.05, 4.69) is 23.1 Å². The van der Waals surface area contributed by atoms with E-state index in [0.29, 0.717) is 31.2 Å². The topological polar surface area (TPSA) is 65.8 Å². The molecule has 0 aromatic heterocycles. The van der Waals surface area contributed by atoms with Crippen LogP contribution >= 0.6 is 0 Å². The maximum atomic E-state index is 12.9. The molecule has 2 aromatic carbocycles. The van der Waals surface area contributed by atoms with E-state index in [9.17, 15) is 10.1 Å². The Hall–Kier alpha value is -3.46. The van der Waals surface area contributed by atoms with E-state index in [0.717, 1.165) is 24.3 Å². The van der Waals surface area contributed by atoms with Crippen LogP contribution in [0.15, 0.2) is 54.1 Å². The third-order valence-electron chi connectivity index (χ3n) is 4.84. The Kier molecular flexibility index (Phi) is 6.75. The Morgan fingerprint density at radius 3 is 2.45 bits per heavy atom. The van der Waals surface area contributed by atoms with Gasteiger partial charge in [-0.05, 0) is 42.8 Å². The van der Waals surface area contributed by atoms with Crippen LogP contribution in [-0.4, -0.2) is 50.7 Å². The highest BCUT2D eigenvalue weighted by atomic mass is 16.5. The second-order valence-electron chi connectivity index (χ2n) is 6.63. The molecule has 0 spiro atoms. The summed E-state index contributed by atoms with van der Waals surface area (Å²) >= 11 is 0. The number of amides is 1. The number of carbonyl (C=O) groups is 1. The van der Waals surface area contributed by atoms with Crippen molar-refractivity contribution in [2.24, 2.45) is 0 Å². The number of hydrogen-bond acceptors (Lipinski definition) is 5. The van der Waals surface area contributed by atoms with Crippen molar-refractivity contribution in [2.45, 2.75) is 6.92 Å². The maximum absolute atomic E-state index is 12.9. The lowest BCUT2D eigenvalue weighted by Gasteiger charge is -2.36. The molecule has 1 saturated heterocycles. The van der Waals surface area contributed by atoms with E-state index in [-0.39, 0.29) is 11.5 Å².